The number of hydrogen-bond acceptors (Lipinski definition) is 2. The van der Waals surface area contributed by atoms with Crippen LogP contribution in [0.25, 0.3) is 0 Å². The van der Waals surface area contributed by atoms with Crippen LogP contribution in [0.5, 0.6) is 11.5 Å². The van der Waals surface area contributed by atoms with Gasteiger partial charge in [-0.3, -0.25) is 0 Å². The van der Waals surface area contributed by atoms with E-state index >= 15 is 0 Å². The molecule has 1 rings (SSSR count). The highest BCUT2D eigenvalue weighted by molar-refractivity contribution is 5.41. The third-order valence-electron chi connectivity index (χ3n) is 2.28. The molecule has 0 amide bonds. The average Bonchev–Trinajstić information content (AvgIpc) is 2.22. The molecule has 16 heavy (non-hydrogen) atoms. The minimum Gasteiger partial charge on any atom is -0.494 e. The molecule has 0 heterocycles. The van der Waals surface area contributed by atoms with Crippen molar-refractivity contribution in [1.82, 2.24) is 0 Å². The van der Waals surface area contributed by atoms with Crippen molar-refractivity contribution in [2.75, 3.05) is 13.2 Å². The van der Waals surface area contributed by atoms with Gasteiger partial charge in [0.25, 0.3) is 0 Å². The molecule has 1 aromatic carbocycles. The van der Waals surface area contributed by atoms with E-state index in [0.717, 1.165) is 17.9 Å². The predicted octanol–water partition coefficient (Wildman–Crippen LogP) is 3.68. The van der Waals surface area contributed by atoms with Crippen LogP contribution in [0.3, 0.4) is 0 Å². The Hall–Kier alpha value is -1.18. The molecule has 0 saturated heterocycles. The van der Waals surface area contributed by atoms with Gasteiger partial charge in [0.1, 0.15) is 11.5 Å². The third-order valence-corrected chi connectivity index (χ3v) is 2.28. The molecule has 0 saturated carbocycles. The minimum absolute atomic E-state index is 0.636. The van der Waals surface area contributed by atoms with Crippen LogP contribution >= 0.6 is 0 Å². The molecule has 0 atom stereocenters. The molecule has 0 radical (unpaired) electrons. The molecule has 0 aromatic heterocycles. The molecule has 0 aliphatic heterocycles. The van der Waals surface area contributed by atoms with Crippen molar-refractivity contribution in [1.29, 1.82) is 0 Å². The number of hydrogen-bond donors (Lipinski definition) is 0. The van der Waals surface area contributed by atoms with Gasteiger partial charge in [0, 0.05) is 6.07 Å². The van der Waals surface area contributed by atoms with Gasteiger partial charge >= 0.3 is 0 Å². The summed E-state index contributed by atoms with van der Waals surface area (Å²) in [4.78, 5) is 0. The third kappa shape index (κ3) is 3.76. The van der Waals surface area contributed by atoms with Gasteiger partial charge in [-0.15, -0.1) is 0 Å². The smallest absolute Gasteiger partial charge is 0.126 e. The number of rotatable bonds is 6. The largest absolute Gasteiger partial charge is 0.494 e. The molecule has 0 bridgehead atoms. The van der Waals surface area contributed by atoms with E-state index in [-0.39, 0.29) is 0 Å². The van der Waals surface area contributed by atoms with Gasteiger partial charge < -0.3 is 9.47 Å². The molecule has 0 aliphatic rings. The lowest BCUT2D eigenvalue weighted by Gasteiger charge is -2.13. The summed E-state index contributed by atoms with van der Waals surface area (Å²) in [5.74, 6) is 2.48. The molecule has 0 unspecified atom stereocenters. The maximum absolute atomic E-state index is 5.64. The number of ether oxygens (including phenoxy) is 2. The Morgan fingerprint density at radius 1 is 1.06 bits per heavy atom. The molecule has 90 valence electrons. The summed E-state index contributed by atoms with van der Waals surface area (Å²) < 4.78 is 11.1. The van der Waals surface area contributed by atoms with Crippen molar-refractivity contribution < 1.29 is 9.47 Å². The molecule has 1 aromatic rings. The first-order valence-corrected chi connectivity index (χ1v) is 6.05. The zero-order valence-electron chi connectivity index (χ0n) is 10.7. The summed E-state index contributed by atoms with van der Waals surface area (Å²) in [5, 5.41) is 0. The normalized spacial score (nSPS) is 10.6. The highest BCUT2D eigenvalue weighted by Gasteiger charge is 2.07. The highest BCUT2D eigenvalue weighted by atomic mass is 16.5. The fraction of sp³-hybridized carbons (Fsp3) is 0.571. The standard InChI is InChI=1S/C14H22O2/c1-5-15-13-8-7-12(9-11(3)4)14(10-13)16-6-2/h7-8,10-11H,5-6,9H2,1-4H3. The zero-order valence-corrected chi connectivity index (χ0v) is 10.7. The summed E-state index contributed by atoms with van der Waals surface area (Å²) in [5.41, 5.74) is 1.26. The lowest BCUT2D eigenvalue weighted by Crippen LogP contribution is -2.01. The minimum atomic E-state index is 0.636. The molecule has 0 N–H and O–H groups in total. The monoisotopic (exact) mass is 222 g/mol. The van der Waals surface area contributed by atoms with Crippen LogP contribution < -0.4 is 9.47 Å². The van der Waals surface area contributed by atoms with Gasteiger partial charge in [-0.2, -0.15) is 0 Å². The molecular formula is C14H22O2. The fourth-order valence-corrected chi connectivity index (χ4v) is 1.69. The summed E-state index contributed by atoms with van der Waals surface area (Å²) in [7, 11) is 0. The van der Waals surface area contributed by atoms with Crippen molar-refractivity contribution in [3.63, 3.8) is 0 Å². The van der Waals surface area contributed by atoms with Crippen LogP contribution in [0.4, 0.5) is 0 Å². The van der Waals surface area contributed by atoms with E-state index in [1.165, 1.54) is 5.56 Å². The second-order valence-corrected chi connectivity index (χ2v) is 4.23. The van der Waals surface area contributed by atoms with Crippen LogP contribution in [-0.2, 0) is 6.42 Å². The van der Waals surface area contributed by atoms with Gasteiger partial charge in [-0.05, 0) is 37.8 Å². The molecule has 2 heteroatoms. The summed E-state index contributed by atoms with van der Waals surface area (Å²) in [6, 6.07) is 6.12. The van der Waals surface area contributed by atoms with E-state index < -0.39 is 0 Å². The Kier molecular flexibility index (Phi) is 5.17. The second kappa shape index (κ2) is 6.41. The van der Waals surface area contributed by atoms with Crippen molar-refractivity contribution in [2.24, 2.45) is 5.92 Å². The maximum Gasteiger partial charge on any atom is 0.126 e. The van der Waals surface area contributed by atoms with Crippen LogP contribution in [0.1, 0.15) is 33.3 Å². The Morgan fingerprint density at radius 2 is 1.75 bits per heavy atom. The lowest BCUT2D eigenvalue weighted by molar-refractivity contribution is 0.320. The van der Waals surface area contributed by atoms with Crippen molar-refractivity contribution in [3.05, 3.63) is 23.8 Å². The highest BCUT2D eigenvalue weighted by Crippen LogP contribution is 2.27. The van der Waals surface area contributed by atoms with Gasteiger partial charge in [-0.1, -0.05) is 19.9 Å². The summed E-state index contributed by atoms with van der Waals surface area (Å²) in [6.07, 6.45) is 1.04. The van der Waals surface area contributed by atoms with Gasteiger partial charge in [0.15, 0.2) is 0 Å². The van der Waals surface area contributed by atoms with Crippen molar-refractivity contribution >= 4 is 0 Å². The quantitative estimate of drug-likeness (QED) is 0.731. The molecule has 0 fully saturated rings. The maximum atomic E-state index is 5.64. The van der Waals surface area contributed by atoms with Crippen LogP contribution in [0.15, 0.2) is 18.2 Å². The Bertz CT molecular complexity index is 319. The van der Waals surface area contributed by atoms with Gasteiger partial charge in [0.05, 0.1) is 13.2 Å². The van der Waals surface area contributed by atoms with Gasteiger partial charge in [-0.25, -0.2) is 0 Å². The average molecular weight is 222 g/mol. The topological polar surface area (TPSA) is 18.5 Å². The lowest BCUT2D eigenvalue weighted by atomic mass is 10.0. The fourth-order valence-electron chi connectivity index (χ4n) is 1.69. The Balaban J connectivity index is 2.89. The second-order valence-electron chi connectivity index (χ2n) is 4.23. The molecule has 0 aliphatic carbocycles. The van der Waals surface area contributed by atoms with E-state index in [1.807, 2.05) is 26.0 Å². The van der Waals surface area contributed by atoms with Gasteiger partial charge in [0.2, 0.25) is 0 Å². The Morgan fingerprint density at radius 3 is 2.31 bits per heavy atom. The first kappa shape index (κ1) is 12.9. The zero-order chi connectivity index (χ0) is 12.0. The van der Waals surface area contributed by atoms with Crippen LogP contribution in [-0.4, -0.2) is 13.2 Å². The molecule has 0 spiro atoms. The van der Waals surface area contributed by atoms with Crippen molar-refractivity contribution in [2.45, 2.75) is 34.1 Å². The first-order valence-electron chi connectivity index (χ1n) is 6.05. The van der Waals surface area contributed by atoms with E-state index in [2.05, 4.69) is 19.9 Å². The SMILES string of the molecule is CCOc1ccc(CC(C)C)c(OCC)c1. The molecule has 2 nitrogen and oxygen atoms in total. The first-order chi connectivity index (χ1) is 7.67. The van der Waals surface area contributed by atoms with E-state index in [9.17, 15) is 0 Å². The van der Waals surface area contributed by atoms with E-state index in [4.69, 9.17) is 9.47 Å². The summed E-state index contributed by atoms with van der Waals surface area (Å²) in [6.45, 7) is 9.81. The summed E-state index contributed by atoms with van der Waals surface area (Å²) >= 11 is 0. The molecular weight excluding hydrogens is 200 g/mol. The van der Waals surface area contributed by atoms with Crippen LogP contribution in [0.2, 0.25) is 0 Å². The van der Waals surface area contributed by atoms with E-state index in [0.29, 0.717) is 19.1 Å². The predicted molar refractivity (Wildman–Crippen MR) is 67.3 cm³/mol. The Labute approximate surface area is 98.6 Å². The van der Waals surface area contributed by atoms with Crippen molar-refractivity contribution in [3.8, 4) is 11.5 Å². The van der Waals surface area contributed by atoms with Crippen LogP contribution in [0, 0.1) is 5.92 Å². The van der Waals surface area contributed by atoms with E-state index in [1.54, 1.807) is 0 Å². The number of benzene rings is 1.